The number of anilines is 3. The van der Waals surface area contributed by atoms with Crippen LogP contribution >= 0.6 is 33.8 Å². The number of nitrogens with one attached hydrogen (secondary N) is 2. The van der Waals surface area contributed by atoms with Crippen molar-refractivity contribution >= 4 is 68.4 Å². The van der Waals surface area contributed by atoms with Gasteiger partial charge in [-0.25, -0.2) is 14.4 Å². The molecule has 200 valence electrons. The van der Waals surface area contributed by atoms with Gasteiger partial charge in [0, 0.05) is 34.5 Å². The van der Waals surface area contributed by atoms with Crippen molar-refractivity contribution in [3.8, 4) is 0 Å². The van der Waals surface area contributed by atoms with Crippen molar-refractivity contribution in [3.63, 3.8) is 0 Å². The summed E-state index contributed by atoms with van der Waals surface area (Å²) in [7, 11) is -2.50. The van der Waals surface area contributed by atoms with Crippen LogP contribution in [0.3, 0.4) is 0 Å². The van der Waals surface area contributed by atoms with Crippen molar-refractivity contribution in [2.24, 2.45) is 11.7 Å². The molecule has 0 unspecified atom stereocenters. The Bertz CT molecular complexity index is 1300. The lowest BCUT2D eigenvalue weighted by Gasteiger charge is -2.39. The van der Waals surface area contributed by atoms with Gasteiger partial charge in [0.25, 0.3) is 0 Å². The summed E-state index contributed by atoms with van der Waals surface area (Å²) in [4.78, 5) is 25.5. The van der Waals surface area contributed by atoms with Crippen molar-refractivity contribution in [2.45, 2.75) is 50.6 Å². The zero-order valence-electron chi connectivity index (χ0n) is 19.8. The maximum Gasteiger partial charge on any atom is 0.224 e. The molecule has 5 rings (SSSR count). The minimum absolute atomic E-state index is 0.0133. The summed E-state index contributed by atoms with van der Waals surface area (Å²) in [6.07, 6.45) is 5.37. The van der Waals surface area contributed by atoms with Crippen molar-refractivity contribution in [1.29, 1.82) is 0 Å². The van der Waals surface area contributed by atoms with E-state index in [-0.39, 0.29) is 39.6 Å². The van der Waals surface area contributed by atoms with Crippen molar-refractivity contribution in [2.75, 3.05) is 22.1 Å². The smallest absolute Gasteiger partial charge is 0.224 e. The Labute approximate surface area is 224 Å². The number of halogens is 3. The number of hydrogen-bond donors (Lipinski definition) is 5. The van der Waals surface area contributed by atoms with Crippen LogP contribution in [-0.2, 0) is 4.79 Å². The van der Waals surface area contributed by atoms with E-state index in [1.807, 2.05) is 4.57 Å². The first-order valence-corrected chi connectivity index (χ1v) is 14.7. The molecule has 2 aromatic heterocycles. The van der Waals surface area contributed by atoms with Crippen molar-refractivity contribution in [3.05, 3.63) is 34.2 Å². The number of benzene rings is 1. The molecule has 1 aliphatic heterocycles. The average Bonchev–Trinajstić information content (AvgIpc) is 3.20. The number of rotatable bonds is 6. The van der Waals surface area contributed by atoms with Gasteiger partial charge in [-0.15, -0.1) is 0 Å². The van der Waals surface area contributed by atoms with Gasteiger partial charge in [-0.1, -0.05) is 23.2 Å². The number of nitrogens with two attached hydrogens (primary N) is 1. The minimum atomic E-state index is -2.50. The second kappa shape index (κ2) is 10.4. The predicted molar refractivity (Wildman–Crippen MR) is 144 cm³/mol. The van der Waals surface area contributed by atoms with E-state index < -0.39 is 16.4 Å². The van der Waals surface area contributed by atoms with E-state index in [0.29, 0.717) is 73.1 Å². The first kappa shape index (κ1) is 26.2. The summed E-state index contributed by atoms with van der Waals surface area (Å²) in [5, 5.41) is 6.60. The van der Waals surface area contributed by atoms with Gasteiger partial charge in [-0.05, 0) is 50.7 Å². The van der Waals surface area contributed by atoms with E-state index in [1.165, 1.54) is 12.1 Å². The molecule has 2 aliphatic rings. The number of imidazole rings is 1. The lowest BCUT2D eigenvalue weighted by atomic mass is 9.85. The number of carbonyl (C=O) groups is 1. The Balaban J connectivity index is 1.49. The summed E-state index contributed by atoms with van der Waals surface area (Å²) in [6.45, 7) is 0. The second-order valence-electron chi connectivity index (χ2n) is 9.61. The summed E-state index contributed by atoms with van der Waals surface area (Å²) < 4.78 is 36.5. The van der Waals surface area contributed by atoms with Crippen LogP contribution in [0.4, 0.5) is 22.0 Å². The Morgan fingerprint density at radius 3 is 2.46 bits per heavy atom. The molecule has 1 saturated carbocycles. The Morgan fingerprint density at radius 2 is 1.81 bits per heavy atom. The number of carbonyl (C=O) groups excluding carboxylic acids is 1. The average molecular weight is 572 g/mol. The largest absolute Gasteiger partial charge is 0.369 e. The van der Waals surface area contributed by atoms with Gasteiger partial charge in [-0.3, -0.25) is 18.5 Å². The summed E-state index contributed by atoms with van der Waals surface area (Å²) in [6, 6.07) is 2.56. The minimum Gasteiger partial charge on any atom is -0.369 e. The Hall–Kier alpha value is -2.38. The van der Waals surface area contributed by atoms with Gasteiger partial charge in [0.1, 0.15) is 11.3 Å². The lowest BCUT2D eigenvalue weighted by molar-refractivity contribution is -0.122. The molecule has 3 heterocycles. The normalized spacial score (nSPS) is 23.1. The molecule has 10 nitrogen and oxygen atoms in total. The van der Waals surface area contributed by atoms with Crippen LogP contribution in [0.15, 0.2) is 18.3 Å². The van der Waals surface area contributed by atoms with Crippen LogP contribution in [0.25, 0.3) is 11.2 Å². The van der Waals surface area contributed by atoms with E-state index in [1.54, 1.807) is 6.20 Å². The molecule has 1 amide bonds. The first-order valence-electron chi connectivity index (χ1n) is 12.1. The van der Waals surface area contributed by atoms with Crippen LogP contribution in [-0.4, -0.2) is 52.1 Å². The van der Waals surface area contributed by atoms with Crippen LogP contribution < -0.4 is 16.4 Å². The van der Waals surface area contributed by atoms with Crippen molar-refractivity contribution < 1.29 is 18.3 Å². The predicted octanol–water partition coefficient (Wildman–Crippen LogP) is 5.56. The zero-order chi connectivity index (χ0) is 26.3. The number of aromatic nitrogens is 4. The summed E-state index contributed by atoms with van der Waals surface area (Å²) in [5.41, 5.74) is 6.63. The van der Waals surface area contributed by atoms with E-state index in [4.69, 9.17) is 33.9 Å². The molecule has 0 spiro atoms. The molecule has 1 aromatic carbocycles. The molecule has 1 saturated heterocycles. The fourth-order valence-corrected chi connectivity index (χ4v) is 7.07. The first-order chi connectivity index (χ1) is 17.6. The monoisotopic (exact) mass is 571 g/mol. The Kier molecular flexibility index (Phi) is 7.38. The van der Waals surface area contributed by atoms with Crippen LogP contribution in [0.1, 0.15) is 44.6 Å². The molecule has 0 radical (unpaired) electrons. The molecule has 0 atom stereocenters. The molecule has 37 heavy (non-hydrogen) atoms. The highest BCUT2D eigenvalue weighted by molar-refractivity contribution is 8.24. The molecule has 1 aliphatic carbocycles. The molecular formula is C23H28Cl2FN7O3S. The third-order valence-corrected chi connectivity index (χ3v) is 9.36. The summed E-state index contributed by atoms with van der Waals surface area (Å²) >= 11 is 12.2. The highest BCUT2D eigenvalue weighted by atomic mass is 35.5. The molecule has 6 N–H and O–H groups in total. The third-order valence-electron chi connectivity index (χ3n) is 7.06. The van der Waals surface area contributed by atoms with Crippen LogP contribution in [0.5, 0.6) is 0 Å². The molecule has 3 aromatic rings. The fourth-order valence-electron chi connectivity index (χ4n) is 5.02. The Morgan fingerprint density at radius 1 is 1.11 bits per heavy atom. The van der Waals surface area contributed by atoms with Crippen LogP contribution in [0.2, 0.25) is 10.0 Å². The van der Waals surface area contributed by atoms with Gasteiger partial charge in [0.15, 0.2) is 5.65 Å². The standard InChI is InChI=1S/C23H28Cl2FN7O3S/c24-13-9-16(25)19(17(26)10-13)31-23-30-18-11-28-22(29-14-5-7-37(35,36)8-6-14)32-21(18)33(23)15-3-1-12(2-4-15)20(27)34/h9-12,14-15,35-36H,1-8H2,(H2,27,34)(H,30,31)(H,28,29,32). The van der Waals surface area contributed by atoms with E-state index in [9.17, 15) is 18.3 Å². The van der Waals surface area contributed by atoms with Gasteiger partial charge >= 0.3 is 0 Å². The molecule has 14 heteroatoms. The second-order valence-corrected chi connectivity index (χ2v) is 12.9. The number of hydrogen-bond acceptors (Lipinski definition) is 8. The lowest BCUT2D eigenvalue weighted by Crippen LogP contribution is -2.31. The molecule has 2 fully saturated rings. The zero-order valence-corrected chi connectivity index (χ0v) is 22.2. The van der Waals surface area contributed by atoms with E-state index >= 15 is 0 Å². The van der Waals surface area contributed by atoms with Gasteiger partial charge in [0.2, 0.25) is 17.8 Å². The molecular weight excluding hydrogens is 544 g/mol. The van der Waals surface area contributed by atoms with E-state index in [0.717, 1.165) is 0 Å². The van der Waals surface area contributed by atoms with Gasteiger partial charge in [-0.2, -0.15) is 15.6 Å². The van der Waals surface area contributed by atoms with Gasteiger partial charge < -0.3 is 16.4 Å². The van der Waals surface area contributed by atoms with Gasteiger partial charge in [0.05, 0.1) is 16.9 Å². The maximum absolute atomic E-state index is 14.8. The summed E-state index contributed by atoms with van der Waals surface area (Å²) in [5.74, 6) is 0.315. The van der Waals surface area contributed by atoms with E-state index in [2.05, 4.69) is 20.6 Å². The number of amides is 1. The maximum atomic E-state index is 14.8. The highest BCUT2D eigenvalue weighted by Gasteiger charge is 2.30. The third kappa shape index (κ3) is 5.73. The SMILES string of the molecule is NC(=O)C1CCC(n2c(Nc3c(F)cc(Cl)cc3Cl)nc3cnc(NC4CCS(O)(O)CC4)nc32)CC1. The quantitative estimate of drug-likeness (QED) is 0.258. The topological polar surface area (TPSA) is 151 Å². The number of nitrogens with zero attached hydrogens (tertiary/aromatic N) is 4. The highest BCUT2D eigenvalue weighted by Crippen LogP contribution is 2.44. The number of fused-ring (bicyclic) bond motifs is 1. The number of primary amides is 1. The van der Waals surface area contributed by atoms with Crippen molar-refractivity contribution in [1.82, 2.24) is 19.5 Å². The fraction of sp³-hybridized carbons (Fsp3) is 0.478. The van der Waals surface area contributed by atoms with Crippen LogP contribution in [0, 0.1) is 11.7 Å². The molecule has 0 bridgehead atoms.